The average molecular weight is 260 g/mol. The molecule has 4 nitrogen and oxygen atoms in total. The second kappa shape index (κ2) is 4.70. The summed E-state index contributed by atoms with van der Waals surface area (Å²) in [5.41, 5.74) is -0.204. The van der Waals surface area contributed by atoms with Crippen molar-refractivity contribution >= 4 is 21.7 Å². The second-order valence-electron chi connectivity index (χ2n) is 3.54. The van der Waals surface area contributed by atoms with Crippen molar-refractivity contribution in [2.24, 2.45) is 0 Å². The van der Waals surface area contributed by atoms with E-state index in [1.54, 1.807) is 13.3 Å². The number of aromatic nitrogens is 2. The minimum absolute atomic E-state index is 0.204. The van der Waals surface area contributed by atoms with E-state index in [0.717, 1.165) is 10.3 Å². The maximum absolute atomic E-state index is 5.28. The summed E-state index contributed by atoms with van der Waals surface area (Å²) in [5.74, 6) is 0.783. The van der Waals surface area contributed by atoms with Gasteiger partial charge < -0.3 is 10.1 Å². The van der Waals surface area contributed by atoms with Crippen LogP contribution in [0.1, 0.15) is 13.8 Å². The van der Waals surface area contributed by atoms with E-state index >= 15 is 0 Å². The van der Waals surface area contributed by atoms with Crippen molar-refractivity contribution in [2.75, 3.05) is 19.0 Å². The number of hydrogen-bond acceptors (Lipinski definition) is 4. The first-order chi connectivity index (χ1) is 6.55. The van der Waals surface area contributed by atoms with Crippen molar-refractivity contribution < 1.29 is 4.74 Å². The van der Waals surface area contributed by atoms with Crippen molar-refractivity contribution in [1.82, 2.24) is 9.97 Å². The van der Waals surface area contributed by atoms with Crippen molar-refractivity contribution in [1.29, 1.82) is 0 Å². The van der Waals surface area contributed by atoms with Crippen LogP contribution in [-0.2, 0) is 4.74 Å². The van der Waals surface area contributed by atoms with Gasteiger partial charge in [0.1, 0.15) is 12.1 Å². The maximum Gasteiger partial charge on any atom is 0.143 e. The van der Waals surface area contributed by atoms with Gasteiger partial charge in [0.2, 0.25) is 0 Å². The van der Waals surface area contributed by atoms with Gasteiger partial charge in [0.25, 0.3) is 0 Å². The van der Waals surface area contributed by atoms with Crippen molar-refractivity contribution in [2.45, 2.75) is 19.4 Å². The number of ether oxygens (including phenoxy) is 1. The summed E-state index contributed by atoms with van der Waals surface area (Å²) in [6.07, 6.45) is 3.21. The van der Waals surface area contributed by atoms with E-state index in [-0.39, 0.29) is 5.60 Å². The number of anilines is 1. The standard InChI is InChI=1S/C9H14BrN3O/c1-9(2,14-3)5-12-8-7(10)4-11-6-13-8/h4,6H,5H2,1-3H3,(H,11,12,13). The minimum atomic E-state index is -0.204. The van der Waals surface area contributed by atoms with E-state index in [2.05, 4.69) is 31.2 Å². The van der Waals surface area contributed by atoms with Crippen LogP contribution in [0.3, 0.4) is 0 Å². The lowest BCUT2D eigenvalue weighted by atomic mass is 10.1. The Hall–Kier alpha value is -0.680. The molecule has 0 saturated heterocycles. The molecule has 14 heavy (non-hydrogen) atoms. The SMILES string of the molecule is COC(C)(C)CNc1ncncc1Br. The molecule has 1 heterocycles. The third-order valence-electron chi connectivity index (χ3n) is 1.90. The molecule has 1 rings (SSSR count). The highest BCUT2D eigenvalue weighted by atomic mass is 79.9. The zero-order valence-electron chi connectivity index (χ0n) is 8.54. The van der Waals surface area contributed by atoms with E-state index in [4.69, 9.17) is 4.74 Å². The molecule has 5 heteroatoms. The third kappa shape index (κ3) is 3.23. The monoisotopic (exact) mass is 259 g/mol. The normalized spacial score (nSPS) is 11.4. The number of nitrogens with one attached hydrogen (secondary N) is 1. The number of hydrogen-bond donors (Lipinski definition) is 1. The fourth-order valence-corrected chi connectivity index (χ4v) is 1.17. The molecule has 0 saturated carbocycles. The van der Waals surface area contributed by atoms with Gasteiger partial charge in [0.15, 0.2) is 0 Å². The molecule has 0 fully saturated rings. The van der Waals surface area contributed by atoms with Gasteiger partial charge in [0, 0.05) is 19.9 Å². The number of methoxy groups -OCH3 is 1. The van der Waals surface area contributed by atoms with Crippen molar-refractivity contribution in [3.05, 3.63) is 17.0 Å². The summed E-state index contributed by atoms with van der Waals surface area (Å²) in [4.78, 5) is 7.97. The van der Waals surface area contributed by atoms with Crippen LogP contribution in [-0.4, -0.2) is 29.2 Å². The Bertz CT molecular complexity index is 304. The highest BCUT2D eigenvalue weighted by Gasteiger charge is 2.16. The molecule has 1 N–H and O–H groups in total. The first-order valence-electron chi connectivity index (χ1n) is 4.30. The summed E-state index contributed by atoms with van der Waals surface area (Å²) in [5, 5.41) is 3.18. The molecule has 78 valence electrons. The molecule has 0 radical (unpaired) electrons. The van der Waals surface area contributed by atoms with Gasteiger partial charge in [-0.15, -0.1) is 0 Å². The van der Waals surface area contributed by atoms with Crippen LogP contribution in [0.15, 0.2) is 17.0 Å². The van der Waals surface area contributed by atoms with Gasteiger partial charge in [-0.3, -0.25) is 0 Å². The van der Waals surface area contributed by atoms with Crippen LogP contribution in [0.25, 0.3) is 0 Å². The highest BCUT2D eigenvalue weighted by Crippen LogP contribution is 2.18. The Balaban J connectivity index is 2.58. The first-order valence-corrected chi connectivity index (χ1v) is 5.09. The molecule has 0 aromatic carbocycles. The van der Waals surface area contributed by atoms with Crippen molar-refractivity contribution in [3.8, 4) is 0 Å². The first kappa shape index (κ1) is 11.4. The fourth-order valence-electron chi connectivity index (χ4n) is 0.811. The zero-order chi connectivity index (χ0) is 10.6. The topological polar surface area (TPSA) is 47.0 Å². The Morgan fingerprint density at radius 1 is 1.57 bits per heavy atom. The van der Waals surface area contributed by atoms with Gasteiger partial charge >= 0.3 is 0 Å². The van der Waals surface area contributed by atoms with E-state index in [9.17, 15) is 0 Å². The fraction of sp³-hybridized carbons (Fsp3) is 0.556. The van der Waals surface area contributed by atoms with Crippen LogP contribution in [0.4, 0.5) is 5.82 Å². The Morgan fingerprint density at radius 2 is 2.29 bits per heavy atom. The molecule has 0 atom stereocenters. The summed E-state index contributed by atoms with van der Waals surface area (Å²) < 4.78 is 6.13. The minimum Gasteiger partial charge on any atom is -0.377 e. The summed E-state index contributed by atoms with van der Waals surface area (Å²) >= 11 is 3.36. The lowest BCUT2D eigenvalue weighted by Crippen LogP contribution is -2.32. The van der Waals surface area contributed by atoms with Gasteiger partial charge in [0.05, 0.1) is 10.1 Å². The largest absolute Gasteiger partial charge is 0.377 e. The Kier molecular flexibility index (Phi) is 3.83. The molecule has 1 aromatic rings. The molecule has 1 aromatic heterocycles. The van der Waals surface area contributed by atoms with Crippen LogP contribution in [0.2, 0.25) is 0 Å². The molecular weight excluding hydrogens is 246 g/mol. The molecule has 0 unspecified atom stereocenters. The summed E-state index contributed by atoms with van der Waals surface area (Å²) in [6, 6.07) is 0. The number of halogens is 1. The van der Waals surface area contributed by atoms with Crippen LogP contribution >= 0.6 is 15.9 Å². The molecular formula is C9H14BrN3O. The number of rotatable bonds is 4. The maximum atomic E-state index is 5.28. The van der Waals surface area contributed by atoms with Crippen LogP contribution < -0.4 is 5.32 Å². The predicted octanol–water partition coefficient (Wildman–Crippen LogP) is 2.08. The third-order valence-corrected chi connectivity index (χ3v) is 2.48. The average Bonchev–Trinajstić information content (AvgIpc) is 2.17. The van der Waals surface area contributed by atoms with Gasteiger partial charge in [-0.05, 0) is 29.8 Å². The van der Waals surface area contributed by atoms with Crippen LogP contribution in [0.5, 0.6) is 0 Å². The van der Waals surface area contributed by atoms with E-state index in [1.807, 2.05) is 13.8 Å². The van der Waals surface area contributed by atoms with E-state index < -0.39 is 0 Å². The summed E-state index contributed by atoms with van der Waals surface area (Å²) in [6.45, 7) is 4.71. The summed E-state index contributed by atoms with van der Waals surface area (Å²) in [7, 11) is 1.69. The van der Waals surface area contributed by atoms with E-state index in [0.29, 0.717) is 6.54 Å². The molecule has 0 bridgehead atoms. The van der Waals surface area contributed by atoms with Crippen molar-refractivity contribution in [3.63, 3.8) is 0 Å². The van der Waals surface area contributed by atoms with Gasteiger partial charge in [-0.25, -0.2) is 9.97 Å². The van der Waals surface area contributed by atoms with Crippen LogP contribution in [0, 0.1) is 0 Å². The zero-order valence-corrected chi connectivity index (χ0v) is 10.1. The number of nitrogens with zero attached hydrogens (tertiary/aromatic N) is 2. The lowest BCUT2D eigenvalue weighted by Gasteiger charge is -2.23. The molecule has 0 aliphatic carbocycles. The Labute approximate surface area is 92.2 Å². The van der Waals surface area contributed by atoms with Gasteiger partial charge in [-0.2, -0.15) is 0 Å². The van der Waals surface area contributed by atoms with Gasteiger partial charge in [-0.1, -0.05) is 0 Å². The molecule has 0 aliphatic rings. The molecule has 0 spiro atoms. The quantitative estimate of drug-likeness (QED) is 0.900. The Morgan fingerprint density at radius 3 is 2.86 bits per heavy atom. The molecule has 0 amide bonds. The predicted molar refractivity (Wildman–Crippen MR) is 59.3 cm³/mol. The lowest BCUT2D eigenvalue weighted by molar-refractivity contribution is 0.0343. The second-order valence-corrected chi connectivity index (χ2v) is 4.39. The van der Waals surface area contributed by atoms with E-state index in [1.165, 1.54) is 6.33 Å². The highest BCUT2D eigenvalue weighted by molar-refractivity contribution is 9.10. The smallest absolute Gasteiger partial charge is 0.143 e. The molecule has 0 aliphatic heterocycles.